The molecule has 7 nitrogen and oxygen atoms in total. The van der Waals surface area contributed by atoms with Gasteiger partial charge in [-0.25, -0.2) is 9.78 Å². The number of carbonyl (C=O) groups excluding carboxylic acids is 1. The Balaban J connectivity index is 1.13. The van der Waals surface area contributed by atoms with Crippen LogP contribution in [0.2, 0.25) is 0 Å². The van der Waals surface area contributed by atoms with Crippen LogP contribution in [-0.4, -0.2) is 56.7 Å². The number of nitrogens with one attached hydrogen (secondary N) is 2. The van der Waals surface area contributed by atoms with Gasteiger partial charge in [-0.2, -0.15) is 5.10 Å². The molecule has 2 aromatic heterocycles. The molecule has 0 unspecified atom stereocenters. The van der Waals surface area contributed by atoms with E-state index < -0.39 is 0 Å². The summed E-state index contributed by atoms with van der Waals surface area (Å²) in [7, 11) is 0. The molecule has 4 heterocycles. The summed E-state index contributed by atoms with van der Waals surface area (Å²) in [4.78, 5) is 22.3. The molecule has 0 aliphatic carbocycles. The minimum Gasteiger partial charge on any atom is -0.334 e. The molecule has 0 saturated carbocycles. The van der Waals surface area contributed by atoms with E-state index in [2.05, 4.69) is 73.9 Å². The van der Waals surface area contributed by atoms with Gasteiger partial charge in [0.05, 0.1) is 27.5 Å². The quantitative estimate of drug-likeness (QED) is 0.437. The number of aryl methyl sites for hydroxylation is 1. The number of urea groups is 1. The normalized spacial score (nSPS) is 18.5. The highest BCUT2D eigenvalue weighted by Gasteiger charge is 2.28. The molecule has 180 valence electrons. The molecular formula is C27H30N6OS. The molecule has 2 N–H and O–H groups in total. The van der Waals surface area contributed by atoms with E-state index >= 15 is 0 Å². The van der Waals surface area contributed by atoms with Crippen LogP contribution < -0.4 is 5.32 Å². The summed E-state index contributed by atoms with van der Waals surface area (Å²) in [6.45, 7) is 6.21. The van der Waals surface area contributed by atoms with E-state index in [0.717, 1.165) is 71.9 Å². The van der Waals surface area contributed by atoms with Gasteiger partial charge >= 0.3 is 6.03 Å². The largest absolute Gasteiger partial charge is 0.334 e. The molecule has 1 atom stereocenters. The number of amides is 2. The zero-order valence-electron chi connectivity index (χ0n) is 20.0. The molecule has 4 aromatic rings. The smallest absolute Gasteiger partial charge is 0.317 e. The molecule has 2 aliphatic rings. The van der Waals surface area contributed by atoms with E-state index in [9.17, 15) is 4.79 Å². The molecular weight excluding hydrogens is 456 g/mol. The Bertz CT molecular complexity index is 1350. The SMILES string of the molecule is Cc1nc2cc(-c3n[nH]c4c3CN(C(=O)N[C@@H]3CCCN(Cc5ccccc5)C3)CC4)ccc2s1. The Morgan fingerprint density at radius 1 is 1.20 bits per heavy atom. The molecule has 1 saturated heterocycles. The van der Waals surface area contributed by atoms with E-state index in [1.807, 2.05) is 11.8 Å². The second-order valence-corrected chi connectivity index (χ2v) is 10.9. The first-order valence-corrected chi connectivity index (χ1v) is 13.2. The number of benzene rings is 2. The maximum Gasteiger partial charge on any atom is 0.317 e. The van der Waals surface area contributed by atoms with Crippen molar-refractivity contribution in [2.24, 2.45) is 0 Å². The van der Waals surface area contributed by atoms with Gasteiger partial charge in [0.15, 0.2) is 0 Å². The number of nitrogens with zero attached hydrogens (tertiary/aromatic N) is 4. The number of likely N-dealkylation sites (tertiary alicyclic amines) is 1. The summed E-state index contributed by atoms with van der Waals surface area (Å²) >= 11 is 1.70. The van der Waals surface area contributed by atoms with Gasteiger partial charge in [-0.3, -0.25) is 10.00 Å². The molecule has 2 aromatic carbocycles. The van der Waals surface area contributed by atoms with Crippen LogP contribution in [0.4, 0.5) is 4.79 Å². The monoisotopic (exact) mass is 486 g/mol. The lowest BCUT2D eigenvalue weighted by Gasteiger charge is -2.35. The topological polar surface area (TPSA) is 77.1 Å². The predicted molar refractivity (Wildman–Crippen MR) is 139 cm³/mol. The minimum absolute atomic E-state index is 0.0277. The molecule has 8 heteroatoms. The lowest BCUT2D eigenvalue weighted by molar-refractivity contribution is 0.160. The van der Waals surface area contributed by atoms with Crippen LogP contribution in [-0.2, 0) is 19.5 Å². The molecule has 0 radical (unpaired) electrons. The third-order valence-electron chi connectivity index (χ3n) is 7.07. The van der Waals surface area contributed by atoms with Crippen molar-refractivity contribution in [1.82, 2.24) is 30.3 Å². The Labute approximate surface area is 209 Å². The number of rotatable bonds is 4. The molecule has 0 bridgehead atoms. The minimum atomic E-state index is 0.0277. The number of fused-ring (bicyclic) bond motifs is 2. The average Bonchev–Trinajstić information content (AvgIpc) is 3.46. The summed E-state index contributed by atoms with van der Waals surface area (Å²) in [6.07, 6.45) is 2.92. The Hall–Kier alpha value is -3.23. The number of hydrogen-bond acceptors (Lipinski definition) is 5. The van der Waals surface area contributed by atoms with Crippen LogP contribution in [0, 0.1) is 6.92 Å². The number of piperidine rings is 1. The molecule has 35 heavy (non-hydrogen) atoms. The first kappa shape index (κ1) is 22.2. The van der Waals surface area contributed by atoms with Crippen molar-refractivity contribution in [3.8, 4) is 11.3 Å². The van der Waals surface area contributed by atoms with Crippen molar-refractivity contribution < 1.29 is 4.79 Å². The second-order valence-electron chi connectivity index (χ2n) is 9.63. The third kappa shape index (κ3) is 4.68. The number of hydrogen-bond donors (Lipinski definition) is 2. The summed E-state index contributed by atoms with van der Waals surface area (Å²) in [6, 6.07) is 17.1. The Morgan fingerprint density at radius 2 is 2.09 bits per heavy atom. The van der Waals surface area contributed by atoms with E-state index in [-0.39, 0.29) is 12.1 Å². The van der Waals surface area contributed by atoms with E-state index in [1.165, 1.54) is 10.3 Å². The van der Waals surface area contributed by atoms with Crippen molar-refractivity contribution >= 4 is 27.6 Å². The van der Waals surface area contributed by atoms with Gasteiger partial charge in [0.25, 0.3) is 0 Å². The van der Waals surface area contributed by atoms with Gasteiger partial charge < -0.3 is 10.2 Å². The molecule has 2 aliphatic heterocycles. The van der Waals surface area contributed by atoms with Crippen LogP contribution in [0.25, 0.3) is 21.5 Å². The zero-order chi connectivity index (χ0) is 23.8. The van der Waals surface area contributed by atoms with Crippen LogP contribution in [0.15, 0.2) is 48.5 Å². The van der Waals surface area contributed by atoms with Crippen molar-refractivity contribution in [2.75, 3.05) is 19.6 Å². The number of H-pyrrole nitrogens is 1. The highest BCUT2D eigenvalue weighted by molar-refractivity contribution is 7.18. The maximum absolute atomic E-state index is 13.2. The standard InChI is InChI=1S/C27H30N6OS/c1-18-28-24-14-20(9-10-25(24)35-18)26-22-17-33(13-11-23(22)30-31-26)27(34)29-21-8-5-12-32(16-21)15-19-6-3-2-4-7-19/h2-4,6-7,9-10,14,21H,5,8,11-13,15-17H2,1H3,(H,29,34)(H,30,31)/t21-/m1/s1. The number of aromatic nitrogens is 3. The fourth-order valence-corrected chi connectivity index (χ4v) is 6.13. The molecule has 6 rings (SSSR count). The van der Waals surface area contributed by atoms with Crippen molar-refractivity contribution in [2.45, 2.75) is 45.3 Å². The maximum atomic E-state index is 13.2. The number of thiazole rings is 1. The lowest BCUT2D eigenvalue weighted by atomic mass is 10.0. The second kappa shape index (κ2) is 9.43. The van der Waals surface area contributed by atoms with Crippen molar-refractivity contribution in [3.63, 3.8) is 0 Å². The fraction of sp³-hybridized carbons (Fsp3) is 0.370. The summed E-state index contributed by atoms with van der Waals surface area (Å²) in [5, 5.41) is 12.2. The molecule has 2 amide bonds. The van der Waals surface area contributed by atoms with Gasteiger partial charge in [-0.15, -0.1) is 11.3 Å². The van der Waals surface area contributed by atoms with Crippen LogP contribution in [0.3, 0.4) is 0 Å². The lowest BCUT2D eigenvalue weighted by Crippen LogP contribution is -2.52. The fourth-order valence-electron chi connectivity index (χ4n) is 5.32. The zero-order valence-corrected chi connectivity index (χ0v) is 20.8. The number of aromatic amines is 1. The van der Waals surface area contributed by atoms with Crippen molar-refractivity contribution in [1.29, 1.82) is 0 Å². The van der Waals surface area contributed by atoms with Crippen molar-refractivity contribution in [3.05, 3.63) is 70.4 Å². The highest BCUT2D eigenvalue weighted by Crippen LogP contribution is 2.32. The molecule has 1 fully saturated rings. The van der Waals surface area contributed by atoms with Crippen LogP contribution in [0.5, 0.6) is 0 Å². The number of carbonyl (C=O) groups is 1. The van der Waals surface area contributed by atoms with Crippen LogP contribution in [0.1, 0.15) is 34.7 Å². The van der Waals surface area contributed by atoms with Gasteiger partial charge in [-0.05, 0) is 44.0 Å². The van der Waals surface area contributed by atoms with E-state index in [0.29, 0.717) is 13.1 Å². The van der Waals surface area contributed by atoms with Gasteiger partial charge in [0, 0.05) is 48.9 Å². The van der Waals surface area contributed by atoms with Gasteiger partial charge in [0.2, 0.25) is 0 Å². The first-order chi connectivity index (χ1) is 17.1. The Morgan fingerprint density at radius 3 is 2.97 bits per heavy atom. The average molecular weight is 487 g/mol. The Kier molecular flexibility index (Phi) is 6.00. The highest BCUT2D eigenvalue weighted by atomic mass is 32.1. The summed E-state index contributed by atoms with van der Waals surface area (Å²) in [5.74, 6) is 0. The first-order valence-electron chi connectivity index (χ1n) is 12.4. The van der Waals surface area contributed by atoms with Gasteiger partial charge in [-0.1, -0.05) is 36.4 Å². The third-order valence-corrected chi connectivity index (χ3v) is 8.02. The van der Waals surface area contributed by atoms with Gasteiger partial charge in [0.1, 0.15) is 0 Å². The van der Waals surface area contributed by atoms with E-state index in [1.54, 1.807) is 11.3 Å². The van der Waals surface area contributed by atoms with E-state index in [4.69, 9.17) is 0 Å². The van der Waals surface area contributed by atoms with Crippen LogP contribution >= 0.6 is 11.3 Å². The summed E-state index contributed by atoms with van der Waals surface area (Å²) < 4.78 is 1.19. The predicted octanol–water partition coefficient (Wildman–Crippen LogP) is 4.73. The molecule has 0 spiro atoms. The summed E-state index contributed by atoms with van der Waals surface area (Å²) in [5.41, 5.74) is 6.55.